The molecule has 0 aliphatic carbocycles. The molecule has 0 saturated heterocycles. The van der Waals surface area contributed by atoms with Gasteiger partial charge in [0.15, 0.2) is 11.0 Å². The number of hydrogen-bond donors (Lipinski definition) is 1. The van der Waals surface area contributed by atoms with Gasteiger partial charge < -0.3 is 19.4 Å². The minimum atomic E-state index is -2.90. The van der Waals surface area contributed by atoms with Crippen LogP contribution in [0.3, 0.4) is 0 Å². The van der Waals surface area contributed by atoms with Crippen LogP contribution in [0.4, 0.5) is 13.8 Å². The van der Waals surface area contributed by atoms with Crippen molar-refractivity contribution in [1.82, 2.24) is 14.8 Å². The molecule has 1 N–H and O–H groups in total. The van der Waals surface area contributed by atoms with Gasteiger partial charge in [-0.2, -0.15) is 8.78 Å². The Labute approximate surface area is 219 Å². The minimum Gasteiger partial charge on any atom is -0.465 e. The normalized spacial score (nSPS) is 11.0. The number of benzene rings is 2. The van der Waals surface area contributed by atoms with Gasteiger partial charge in [-0.25, -0.2) is 4.79 Å². The van der Waals surface area contributed by atoms with Gasteiger partial charge in [0.05, 0.1) is 12.9 Å². The molecule has 37 heavy (non-hydrogen) atoms. The van der Waals surface area contributed by atoms with Gasteiger partial charge in [-0.1, -0.05) is 42.1 Å². The topological polar surface area (TPSA) is 95.3 Å². The second-order valence-corrected chi connectivity index (χ2v) is 9.87. The molecule has 8 nitrogen and oxygen atoms in total. The Hall–Kier alpha value is -3.77. The van der Waals surface area contributed by atoms with Crippen molar-refractivity contribution in [2.45, 2.75) is 18.7 Å². The summed E-state index contributed by atoms with van der Waals surface area (Å²) >= 11 is 2.48. The van der Waals surface area contributed by atoms with E-state index in [9.17, 15) is 18.4 Å². The van der Waals surface area contributed by atoms with E-state index in [1.165, 1.54) is 42.3 Å². The smallest absolute Gasteiger partial charge is 0.387 e. The average Bonchev–Trinajstić information content (AvgIpc) is 3.41. The van der Waals surface area contributed by atoms with Crippen LogP contribution in [0.15, 0.2) is 59.8 Å². The number of thiophene rings is 1. The van der Waals surface area contributed by atoms with Crippen LogP contribution in [0.2, 0.25) is 0 Å². The number of nitrogens with one attached hydrogen (secondary N) is 1. The molecule has 0 fully saturated rings. The number of methoxy groups -OCH3 is 1. The number of nitrogens with zero attached hydrogens (tertiary/aromatic N) is 3. The molecule has 0 spiro atoms. The molecule has 0 unspecified atom stereocenters. The predicted molar refractivity (Wildman–Crippen MR) is 138 cm³/mol. The van der Waals surface area contributed by atoms with Gasteiger partial charge in [0, 0.05) is 23.1 Å². The van der Waals surface area contributed by atoms with Crippen LogP contribution in [-0.2, 0) is 16.6 Å². The van der Waals surface area contributed by atoms with Gasteiger partial charge in [-0.3, -0.25) is 4.79 Å². The molecular weight excluding hydrogens is 522 g/mol. The first-order chi connectivity index (χ1) is 17.8. The number of aryl methyl sites for hydroxylation is 1. The zero-order valence-electron chi connectivity index (χ0n) is 20.0. The number of alkyl halides is 2. The molecule has 192 valence electrons. The summed E-state index contributed by atoms with van der Waals surface area (Å²) in [4.78, 5) is 26.3. The summed E-state index contributed by atoms with van der Waals surface area (Å²) in [5.41, 5.74) is 2.54. The van der Waals surface area contributed by atoms with E-state index in [2.05, 4.69) is 20.3 Å². The summed E-state index contributed by atoms with van der Waals surface area (Å²) in [6.07, 6.45) is 0. The van der Waals surface area contributed by atoms with E-state index < -0.39 is 12.6 Å². The van der Waals surface area contributed by atoms with E-state index in [0.29, 0.717) is 27.1 Å². The highest BCUT2D eigenvalue weighted by Gasteiger charge is 2.25. The first kappa shape index (κ1) is 26.3. The first-order valence-electron chi connectivity index (χ1n) is 10.9. The molecule has 0 aliphatic rings. The van der Waals surface area contributed by atoms with Crippen LogP contribution in [0, 0.1) is 6.92 Å². The molecule has 2 aromatic heterocycles. The monoisotopic (exact) mass is 544 g/mol. The Morgan fingerprint density at radius 2 is 1.78 bits per heavy atom. The van der Waals surface area contributed by atoms with E-state index in [0.717, 1.165) is 16.0 Å². The number of amides is 1. The third-order valence-corrected chi connectivity index (χ3v) is 7.34. The average molecular weight is 545 g/mol. The van der Waals surface area contributed by atoms with Gasteiger partial charge in [0.1, 0.15) is 16.3 Å². The van der Waals surface area contributed by atoms with Crippen LogP contribution in [-0.4, -0.2) is 46.1 Å². The molecule has 12 heteroatoms. The fourth-order valence-electron chi connectivity index (χ4n) is 3.65. The van der Waals surface area contributed by atoms with Crippen LogP contribution >= 0.6 is 23.1 Å². The predicted octanol–water partition coefficient (Wildman–Crippen LogP) is 5.64. The maximum absolute atomic E-state index is 12.8. The van der Waals surface area contributed by atoms with Crippen molar-refractivity contribution < 1.29 is 27.8 Å². The lowest BCUT2D eigenvalue weighted by Gasteiger charge is -2.08. The molecule has 0 atom stereocenters. The quantitative estimate of drug-likeness (QED) is 0.215. The molecule has 4 rings (SSSR count). The maximum atomic E-state index is 12.8. The van der Waals surface area contributed by atoms with Gasteiger partial charge in [-0.15, -0.1) is 21.5 Å². The zero-order chi connectivity index (χ0) is 26.5. The van der Waals surface area contributed by atoms with E-state index in [4.69, 9.17) is 4.74 Å². The minimum absolute atomic E-state index is 0.0192. The van der Waals surface area contributed by atoms with Crippen molar-refractivity contribution in [2.75, 3.05) is 18.2 Å². The fourth-order valence-corrected chi connectivity index (χ4v) is 5.44. The summed E-state index contributed by atoms with van der Waals surface area (Å²) in [5, 5.41) is 12.0. The SMILES string of the molecule is COC(=O)c1c(NC(=O)CSc2nnc(-c3ccc(OC(F)F)cc3)n2C)sc(C)c1-c1ccccc1. The summed E-state index contributed by atoms with van der Waals surface area (Å²) < 4.78 is 35.8. The largest absolute Gasteiger partial charge is 0.465 e. The fraction of sp³-hybridized carbons (Fsp3) is 0.200. The Morgan fingerprint density at radius 3 is 2.43 bits per heavy atom. The number of esters is 1. The molecule has 0 aliphatic heterocycles. The Bertz CT molecular complexity index is 1410. The van der Waals surface area contributed by atoms with Gasteiger partial charge in [-0.05, 0) is 36.8 Å². The lowest BCUT2D eigenvalue weighted by Crippen LogP contribution is -2.16. The lowest BCUT2D eigenvalue weighted by molar-refractivity contribution is -0.113. The van der Waals surface area contributed by atoms with Gasteiger partial charge in [0.2, 0.25) is 5.91 Å². The van der Waals surface area contributed by atoms with E-state index in [1.807, 2.05) is 37.3 Å². The Morgan fingerprint density at radius 1 is 1.08 bits per heavy atom. The van der Waals surface area contributed by atoms with Crippen molar-refractivity contribution in [3.05, 3.63) is 65.0 Å². The summed E-state index contributed by atoms with van der Waals surface area (Å²) in [5.74, 6) is -0.299. The number of anilines is 1. The number of rotatable bonds is 9. The van der Waals surface area contributed by atoms with Gasteiger partial charge >= 0.3 is 12.6 Å². The van der Waals surface area contributed by atoms with Crippen LogP contribution in [0.5, 0.6) is 5.75 Å². The van der Waals surface area contributed by atoms with E-state index in [1.54, 1.807) is 23.7 Å². The maximum Gasteiger partial charge on any atom is 0.387 e. The molecule has 1 amide bonds. The molecular formula is C25H22F2N4O4S2. The Kier molecular flexibility index (Phi) is 8.19. The van der Waals surface area contributed by atoms with Crippen molar-refractivity contribution in [3.63, 3.8) is 0 Å². The molecule has 0 bridgehead atoms. The second kappa shape index (κ2) is 11.5. The second-order valence-electron chi connectivity index (χ2n) is 7.70. The Balaban J connectivity index is 1.47. The third-order valence-electron chi connectivity index (χ3n) is 5.29. The number of carbonyl (C=O) groups excluding carboxylic acids is 2. The molecule has 4 aromatic rings. The third kappa shape index (κ3) is 5.97. The standard InChI is InChI=1S/C25H22F2N4O4S2/c1-14-19(15-7-5-4-6-8-15)20(23(33)34-3)22(37-14)28-18(32)13-36-25-30-29-21(31(25)2)16-9-11-17(12-10-16)35-24(26)27/h4-12,24H,13H2,1-3H3,(H,28,32). The summed E-state index contributed by atoms with van der Waals surface area (Å²) in [6, 6.07) is 15.5. The van der Waals surface area contributed by atoms with E-state index in [-0.39, 0.29) is 17.4 Å². The molecule has 2 aromatic carbocycles. The highest BCUT2D eigenvalue weighted by atomic mass is 32.2. The van der Waals surface area contributed by atoms with Crippen molar-refractivity contribution in [2.24, 2.45) is 7.05 Å². The van der Waals surface area contributed by atoms with Crippen LogP contribution in [0.1, 0.15) is 15.2 Å². The summed E-state index contributed by atoms with van der Waals surface area (Å²) in [6.45, 7) is -1.02. The molecule has 0 saturated carbocycles. The highest BCUT2D eigenvalue weighted by Crippen LogP contribution is 2.40. The number of ether oxygens (including phenoxy) is 2. The summed E-state index contributed by atoms with van der Waals surface area (Å²) in [7, 11) is 3.04. The number of halogens is 2. The van der Waals surface area contributed by atoms with E-state index >= 15 is 0 Å². The van der Waals surface area contributed by atoms with Crippen LogP contribution in [0.25, 0.3) is 22.5 Å². The molecule has 0 radical (unpaired) electrons. The number of aromatic nitrogens is 3. The first-order valence-corrected chi connectivity index (χ1v) is 12.7. The number of thioether (sulfide) groups is 1. The van der Waals surface area contributed by atoms with Crippen molar-refractivity contribution >= 4 is 40.0 Å². The van der Waals surface area contributed by atoms with Crippen molar-refractivity contribution in [3.8, 4) is 28.3 Å². The van der Waals surface area contributed by atoms with Crippen molar-refractivity contribution in [1.29, 1.82) is 0 Å². The number of carbonyl (C=O) groups is 2. The van der Waals surface area contributed by atoms with Crippen LogP contribution < -0.4 is 10.1 Å². The number of hydrogen-bond acceptors (Lipinski definition) is 8. The highest BCUT2D eigenvalue weighted by molar-refractivity contribution is 7.99. The van der Waals surface area contributed by atoms with Gasteiger partial charge in [0.25, 0.3) is 0 Å². The lowest BCUT2D eigenvalue weighted by atomic mass is 10.0. The zero-order valence-corrected chi connectivity index (χ0v) is 21.7. The molecule has 2 heterocycles.